The molecule has 7 heteroatoms. The fraction of sp³-hybridized carbons (Fsp3) is 0.667. The van der Waals surface area contributed by atoms with E-state index in [2.05, 4.69) is 41.7 Å². The van der Waals surface area contributed by atoms with Gasteiger partial charge in [0.05, 0.1) is 6.61 Å². The maximum Gasteiger partial charge on any atom is 0.279 e. The second-order valence-corrected chi connectivity index (χ2v) is 8.39. The summed E-state index contributed by atoms with van der Waals surface area (Å²) >= 11 is 0. The van der Waals surface area contributed by atoms with Crippen molar-refractivity contribution in [3.8, 4) is 0 Å². The first-order chi connectivity index (χ1) is 12.0. The topological polar surface area (TPSA) is 61.9 Å². The highest BCUT2D eigenvalue weighted by Gasteiger charge is 2.28. The molecule has 0 aliphatic carbocycles. The van der Waals surface area contributed by atoms with E-state index in [-0.39, 0.29) is 5.92 Å². The molecular weight excluding hydrogens is 338 g/mol. The second kappa shape index (κ2) is 9.52. The van der Waals surface area contributed by atoms with E-state index in [9.17, 15) is 8.42 Å². The number of hydrogen-bond donors (Lipinski definition) is 1. The first-order valence-corrected chi connectivity index (χ1v) is 10.5. The number of anilines is 1. The van der Waals surface area contributed by atoms with Crippen molar-refractivity contribution < 1.29 is 13.2 Å². The maximum atomic E-state index is 12.6. The molecule has 0 bridgehead atoms. The number of benzene rings is 1. The van der Waals surface area contributed by atoms with Crippen molar-refractivity contribution in [2.24, 2.45) is 5.92 Å². The largest absolute Gasteiger partial charge is 0.384 e. The molecule has 2 rings (SSSR count). The molecule has 25 heavy (non-hydrogen) atoms. The summed E-state index contributed by atoms with van der Waals surface area (Å²) in [4.78, 5) is 2.18. The first kappa shape index (κ1) is 20.2. The minimum Gasteiger partial charge on any atom is -0.384 e. The minimum atomic E-state index is -3.43. The van der Waals surface area contributed by atoms with Crippen LogP contribution in [0.5, 0.6) is 0 Å². The van der Waals surface area contributed by atoms with Crippen LogP contribution in [-0.2, 0) is 14.9 Å². The van der Waals surface area contributed by atoms with Gasteiger partial charge in [0.15, 0.2) is 0 Å². The Labute approximate surface area is 152 Å². The summed E-state index contributed by atoms with van der Waals surface area (Å²) in [5.41, 5.74) is 2.33. The van der Waals surface area contributed by atoms with Crippen molar-refractivity contribution in [2.45, 2.75) is 26.7 Å². The van der Waals surface area contributed by atoms with Gasteiger partial charge in [-0.05, 0) is 50.3 Å². The number of piperidine rings is 1. The van der Waals surface area contributed by atoms with Gasteiger partial charge in [-0.1, -0.05) is 12.1 Å². The molecule has 1 saturated heterocycles. The first-order valence-electron chi connectivity index (χ1n) is 9.01. The van der Waals surface area contributed by atoms with Crippen LogP contribution in [0.1, 0.15) is 25.3 Å². The molecule has 1 atom stereocenters. The smallest absolute Gasteiger partial charge is 0.279 e. The molecule has 1 aliphatic rings. The van der Waals surface area contributed by atoms with Gasteiger partial charge in [-0.25, -0.2) is 4.72 Å². The van der Waals surface area contributed by atoms with Crippen molar-refractivity contribution >= 4 is 15.9 Å². The van der Waals surface area contributed by atoms with E-state index < -0.39 is 10.2 Å². The Morgan fingerprint density at radius 2 is 2.20 bits per heavy atom. The summed E-state index contributed by atoms with van der Waals surface area (Å²) < 4.78 is 34.6. The van der Waals surface area contributed by atoms with Gasteiger partial charge in [-0.3, -0.25) is 0 Å². The quantitative estimate of drug-likeness (QED) is 0.723. The number of nitrogens with one attached hydrogen (secondary N) is 1. The maximum absolute atomic E-state index is 12.6. The van der Waals surface area contributed by atoms with E-state index in [1.807, 2.05) is 6.07 Å². The lowest BCUT2D eigenvalue weighted by molar-refractivity contribution is 0.118. The predicted molar refractivity (Wildman–Crippen MR) is 102 cm³/mol. The molecule has 0 radical (unpaired) electrons. The zero-order chi connectivity index (χ0) is 18.3. The third kappa shape index (κ3) is 5.95. The van der Waals surface area contributed by atoms with Crippen molar-refractivity contribution in [3.63, 3.8) is 0 Å². The van der Waals surface area contributed by atoms with Gasteiger partial charge in [0.1, 0.15) is 0 Å². The van der Waals surface area contributed by atoms with E-state index in [1.54, 1.807) is 11.4 Å². The van der Waals surface area contributed by atoms with Crippen LogP contribution in [0.4, 0.5) is 5.69 Å². The monoisotopic (exact) mass is 369 g/mol. The van der Waals surface area contributed by atoms with Gasteiger partial charge < -0.3 is 9.64 Å². The number of nitrogens with zero attached hydrogens (tertiary/aromatic N) is 2. The summed E-state index contributed by atoms with van der Waals surface area (Å²) in [6, 6.07) is 8.27. The van der Waals surface area contributed by atoms with Crippen LogP contribution in [0.3, 0.4) is 0 Å². The van der Waals surface area contributed by atoms with Gasteiger partial charge >= 0.3 is 0 Å². The summed E-state index contributed by atoms with van der Waals surface area (Å²) in [6.07, 6.45) is 1.91. The van der Waals surface area contributed by atoms with Gasteiger partial charge in [-0.15, -0.1) is 0 Å². The Morgan fingerprint density at radius 3 is 2.88 bits per heavy atom. The molecule has 1 fully saturated rings. The molecule has 142 valence electrons. The van der Waals surface area contributed by atoms with Crippen LogP contribution in [-0.4, -0.2) is 59.2 Å². The Morgan fingerprint density at radius 1 is 1.40 bits per heavy atom. The van der Waals surface area contributed by atoms with Crippen molar-refractivity contribution in [2.75, 3.05) is 51.3 Å². The second-order valence-electron chi connectivity index (χ2n) is 6.64. The Bertz CT molecular complexity index is 634. The predicted octanol–water partition coefficient (Wildman–Crippen LogP) is 2.01. The molecule has 0 aromatic heterocycles. The summed E-state index contributed by atoms with van der Waals surface area (Å²) in [5, 5.41) is 0. The number of hydrogen-bond acceptors (Lipinski definition) is 4. The normalized spacial score (nSPS) is 19.1. The highest BCUT2D eigenvalue weighted by molar-refractivity contribution is 7.87. The molecule has 1 aromatic carbocycles. The summed E-state index contributed by atoms with van der Waals surface area (Å²) in [5.74, 6) is 0.287. The van der Waals surface area contributed by atoms with Gasteiger partial charge in [-0.2, -0.15) is 12.7 Å². The van der Waals surface area contributed by atoms with E-state index >= 15 is 0 Å². The van der Waals surface area contributed by atoms with E-state index in [0.29, 0.717) is 32.8 Å². The number of ether oxygens (including phenoxy) is 1. The highest BCUT2D eigenvalue weighted by Crippen LogP contribution is 2.19. The van der Waals surface area contributed by atoms with E-state index in [1.165, 1.54) is 5.56 Å². The molecule has 6 nitrogen and oxygen atoms in total. The van der Waals surface area contributed by atoms with Crippen molar-refractivity contribution in [1.29, 1.82) is 0 Å². The number of rotatable bonds is 9. The summed E-state index contributed by atoms with van der Waals surface area (Å²) in [7, 11) is -1.76. The fourth-order valence-corrected chi connectivity index (χ4v) is 4.62. The van der Waals surface area contributed by atoms with Crippen LogP contribution in [0.15, 0.2) is 24.3 Å². The number of likely N-dealkylation sites (N-methyl/N-ethyl adjacent to an activating group) is 1. The van der Waals surface area contributed by atoms with Gasteiger partial charge in [0.25, 0.3) is 10.2 Å². The van der Waals surface area contributed by atoms with E-state index in [0.717, 1.165) is 25.1 Å². The zero-order valence-corrected chi connectivity index (χ0v) is 16.4. The average Bonchev–Trinajstić information content (AvgIpc) is 2.59. The number of methoxy groups -OCH3 is 1. The third-order valence-corrected chi connectivity index (χ3v) is 6.22. The van der Waals surface area contributed by atoms with Crippen LogP contribution >= 0.6 is 0 Å². The Hall–Kier alpha value is -1.15. The molecule has 1 aromatic rings. The average molecular weight is 370 g/mol. The molecular formula is C18H31N3O3S. The molecule has 0 spiro atoms. The third-order valence-electron chi connectivity index (χ3n) is 4.64. The molecule has 1 heterocycles. The van der Waals surface area contributed by atoms with Crippen LogP contribution < -0.4 is 9.62 Å². The molecule has 0 saturated carbocycles. The zero-order valence-electron chi connectivity index (χ0n) is 15.6. The lowest BCUT2D eigenvalue weighted by Gasteiger charge is -2.32. The highest BCUT2D eigenvalue weighted by atomic mass is 32.2. The minimum absolute atomic E-state index is 0.287. The van der Waals surface area contributed by atoms with E-state index in [4.69, 9.17) is 4.74 Å². The van der Waals surface area contributed by atoms with Crippen LogP contribution in [0.25, 0.3) is 0 Å². The fourth-order valence-electron chi connectivity index (χ4n) is 3.31. The van der Waals surface area contributed by atoms with Gasteiger partial charge in [0, 0.05) is 45.5 Å². The molecule has 1 unspecified atom stereocenters. The van der Waals surface area contributed by atoms with Crippen molar-refractivity contribution in [1.82, 2.24) is 9.03 Å². The lowest BCUT2D eigenvalue weighted by Crippen LogP contribution is -2.48. The molecule has 1 N–H and O–H groups in total. The van der Waals surface area contributed by atoms with Crippen LogP contribution in [0, 0.1) is 12.8 Å². The lowest BCUT2D eigenvalue weighted by atomic mass is 10.0. The van der Waals surface area contributed by atoms with Crippen LogP contribution in [0.2, 0.25) is 0 Å². The SMILES string of the molecule is CCN(CCNS(=O)(=O)N1CCCC(COC)C1)c1cccc(C)c1. The van der Waals surface area contributed by atoms with Gasteiger partial charge in [0.2, 0.25) is 0 Å². The Kier molecular flexibility index (Phi) is 7.68. The summed E-state index contributed by atoms with van der Waals surface area (Å²) in [6.45, 7) is 7.77. The standard InChI is InChI=1S/C18H31N3O3S/c1-4-20(18-9-5-7-16(2)13-18)12-10-19-25(22,23)21-11-6-8-17(14-21)15-24-3/h5,7,9,13,17,19H,4,6,8,10-12,14-15H2,1-3H3. The molecule has 1 aliphatic heterocycles. The van der Waals surface area contributed by atoms with Crippen molar-refractivity contribution in [3.05, 3.63) is 29.8 Å². The Balaban J connectivity index is 1.88. The molecule has 0 amide bonds. The number of aryl methyl sites for hydroxylation is 1.